The maximum Gasteiger partial charge on any atom is 0.125 e. The number of hydrogen-bond donors (Lipinski definition) is 1. The number of aryl methyl sites for hydroxylation is 1. The highest BCUT2D eigenvalue weighted by Gasteiger charge is 2.07. The second-order valence-electron chi connectivity index (χ2n) is 2.91. The van der Waals surface area contributed by atoms with E-state index in [4.69, 9.17) is 10.2 Å². The van der Waals surface area contributed by atoms with Gasteiger partial charge in [0.05, 0.1) is 12.8 Å². The van der Waals surface area contributed by atoms with E-state index in [9.17, 15) is 0 Å². The molecule has 0 atom stereocenters. The van der Waals surface area contributed by atoms with Gasteiger partial charge in [-0.15, -0.1) is 11.3 Å². The third-order valence-electron chi connectivity index (χ3n) is 1.97. The van der Waals surface area contributed by atoms with E-state index in [1.165, 1.54) is 10.4 Å². The van der Waals surface area contributed by atoms with Crippen LogP contribution in [0.1, 0.15) is 10.6 Å². The van der Waals surface area contributed by atoms with Gasteiger partial charge in [-0.05, 0) is 30.0 Å². The zero-order valence-corrected chi connectivity index (χ0v) is 8.23. The predicted molar refractivity (Wildman–Crippen MR) is 54.6 cm³/mol. The molecule has 0 fully saturated rings. The van der Waals surface area contributed by atoms with E-state index in [1.807, 2.05) is 6.07 Å². The summed E-state index contributed by atoms with van der Waals surface area (Å²) in [5, 5.41) is 2.12. The van der Waals surface area contributed by atoms with Crippen molar-refractivity contribution in [3.05, 3.63) is 34.4 Å². The molecule has 0 unspecified atom stereocenters. The molecule has 2 aromatic heterocycles. The Labute approximate surface area is 81.0 Å². The Bertz CT molecular complexity index is 402. The van der Waals surface area contributed by atoms with Crippen molar-refractivity contribution in [3.63, 3.8) is 0 Å². The predicted octanol–water partition coefficient (Wildman–Crippen LogP) is 2.78. The van der Waals surface area contributed by atoms with Gasteiger partial charge in [0.15, 0.2) is 0 Å². The average molecular weight is 193 g/mol. The van der Waals surface area contributed by atoms with Crippen LogP contribution in [0.4, 0.5) is 0 Å². The number of rotatable bonds is 2. The van der Waals surface area contributed by atoms with E-state index in [1.54, 1.807) is 17.6 Å². The highest BCUT2D eigenvalue weighted by molar-refractivity contribution is 7.10. The summed E-state index contributed by atoms with van der Waals surface area (Å²) < 4.78 is 5.26. The first-order chi connectivity index (χ1) is 6.31. The number of nitrogens with two attached hydrogens (primary N) is 1. The minimum atomic E-state index is 0.456. The van der Waals surface area contributed by atoms with Gasteiger partial charge in [0.1, 0.15) is 5.76 Å². The van der Waals surface area contributed by atoms with Crippen LogP contribution in [0.15, 0.2) is 28.2 Å². The molecule has 68 valence electrons. The quantitative estimate of drug-likeness (QED) is 0.796. The summed E-state index contributed by atoms with van der Waals surface area (Å²) in [6.45, 7) is 2.55. The lowest BCUT2D eigenvalue weighted by molar-refractivity contribution is 0.513. The van der Waals surface area contributed by atoms with Crippen molar-refractivity contribution < 1.29 is 4.42 Å². The summed E-state index contributed by atoms with van der Waals surface area (Å²) in [6.07, 6.45) is 1.69. The van der Waals surface area contributed by atoms with E-state index in [2.05, 4.69) is 18.4 Å². The average Bonchev–Trinajstić information content (AvgIpc) is 2.71. The number of hydrogen-bond acceptors (Lipinski definition) is 3. The first-order valence-electron chi connectivity index (χ1n) is 4.13. The molecule has 2 rings (SSSR count). The molecule has 0 saturated carbocycles. The fourth-order valence-electron chi connectivity index (χ4n) is 1.34. The topological polar surface area (TPSA) is 39.2 Å². The van der Waals surface area contributed by atoms with Gasteiger partial charge in [-0.1, -0.05) is 0 Å². The second kappa shape index (κ2) is 3.36. The minimum absolute atomic E-state index is 0.456. The van der Waals surface area contributed by atoms with Crippen molar-refractivity contribution in [2.24, 2.45) is 5.73 Å². The molecule has 0 amide bonds. The van der Waals surface area contributed by atoms with Crippen LogP contribution >= 0.6 is 11.3 Å². The van der Waals surface area contributed by atoms with Crippen LogP contribution in [0.3, 0.4) is 0 Å². The molecule has 0 bridgehead atoms. The molecule has 0 aromatic carbocycles. The molecular weight excluding hydrogens is 182 g/mol. The Hall–Kier alpha value is -1.06. The first-order valence-corrected chi connectivity index (χ1v) is 5.01. The molecule has 2 nitrogen and oxygen atoms in total. The van der Waals surface area contributed by atoms with Crippen molar-refractivity contribution in [1.29, 1.82) is 0 Å². The highest BCUT2D eigenvalue weighted by atomic mass is 32.1. The van der Waals surface area contributed by atoms with Crippen molar-refractivity contribution in [1.82, 2.24) is 0 Å². The summed E-state index contributed by atoms with van der Waals surface area (Å²) in [5.41, 5.74) is 7.87. The number of thiophene rings is 1. The fourth-order valence-corrected chi connectivity index (χ4v) is 2.04. The lowest BCUT2D eigenvalue weighted by Crippen LogP contribution is -1.95. The van der Waals surface area contributed by atoms with Crippen LogP contribution in [0.25, 0.3) is 11.1 Å². The molecule has 0 radical (unpaired) electrons. The largest absolute Gasteiger partial charge is 0.467 e. The zero-order chi connectivity index (χ0) is 9.26. The van der Waals surface area contributed by atoms with E-state index in [-0.39, 0.29) is 0 Å². The maximum atomic E-state index is 5.55. The summed E-state index contributed by atoms with van der Waals surface area (Å²) in [7, 11) is 0. The fraction of sp³-hybridized carbons (Fsp3) is 0.200. The Morgan fingerprint density at radius 3 is 3.00 bits per heavy atom. The Kier molecular flexibility index (Phi) is 2.20. The van der Waals surface area contributed by atoms with Gasteiger partial charge in [-0.3, -0.25) is 0 Å². The van der Waals surface area contributed by atoms with Crippen LogP contribution in [-0.4, -0.2) is 0 Å². The summed E-state index contributed by atoms with van der Waals surface area (Å²) in [4.78, 5) is 1.30. The van der Waals surface area contributed by atoms with E-state index >= 15 is 0 Å². The van der Waals surface area contributed by atoms with Gasteiger partial charge in [-0.25, -0.2) is 0 Å². The third-order valence-corrected chi connectivity index (χ3v) is 2.83. The van der Waals surface area contributed by atoms with Gasteiger partial charge in [0.2, 0.25) is 0 Å². The second-order valence-corrected chi connectivity index (χ2v) is 4.02. The smallest absolute Gasteiger partial charge is 0.125 e. The molecule has 0 spiro atoms. The normalized spacial score (nSPS) is 10.6. The van der Waals surface area contributed by atoms with Gasteiger partial charge in [-0.2, -0.15) is 0 Å². The van der Waals surface area contributed by atoms with Gasteiger partial charge < -0.3 is 10.2 Å². The van der Waals surface area contributed by atoms with E-state index < -0.39 is 0 Å². The highest BCUT2D eigenvalue weighted by Crippen LogP contribution is 2.28. The van der Waals surface area contributed by atoms with Crippen molar-refractivity contribution in [2.75, 3.05) is 0 Å². The molecule has 0 aliphatic carbocycles. The van der Waals surface area contributed by atoms with Crippen LogP contribution in [0, 0.1) is 6.92 Å². The standard InChI is InChI=1S/C10H11NOS/c1-7-4-8(6-13-7)9-2-3-12-10(9)5-11/h2-4,6H,5,11H2,1H3. The Morgan fingerprint density at radius 2 is 2.38 bits per heavy atom. The molecule has 2 N–H and O–H groups in total. The van der Waals surface area contributed by atoms with Crippen molar-refractivity contribution in [3.8, 4) is 11.1 Å². The molecule has 2 heterocycles. The molecule has 0 saturated heterocycles. The lowest BCUT2D eigenvalue weighted by Gasteiger charge is -1.95. The van der Waals surface area contributed by atoms with E-state index in [0.717, 1.165) is 11.3 Å². The summed E-state index contributed by atoms with van der Waals surface area (Å²) >= 11 is 1.74. The lowest BCUT2D eigenvalue weighted by atomic mass is 10.1. The third kappa shape index (κ3) is 1.53. The summed E-state index contributed by atoms with van der Waals surface area (Å²) in [5.74, 6) is 0.859. The van der Waals surface area contributed by atoms with Crippen LogP contribution < -0.4 is 5.73 Å². The zero-order valence-electron chi connectivity index (χ0n) is 7.41. The van der Waals surface area contributed by atoms with Crippen molar-refractivity contribution in [2.45, 2.75) is 13.5 Å². The maximum absolute atomic E-state index is 5.55. The minimum Gasteiger partial charge on any atom is -0.467 e. The number of furan rings is 1. The SMILES string of the molecule is Cc1cc(-c2ccoc2CN)cs1. The monoisotopic (exact) mass is 193 g/mol. The Balaban J connectivity index is 2.45. The molecule has 0 aliphatic heterocycles. The van der Waals surface area contributed by atoms with Gasteiger partial charge in [0, 0.05) is 10.4 Å². The van der Waals surface area contributed by atoms with Crippen molar-refractivity contribution >= 4 is 11.3 Å². The van der Waals surface area contributed by atoms with Crippen LogP contribution in [-0.2, 0) is 6.54 Å². The molecular formula is C10H11NOS. The van der Waals surface area contributed by atoms with Crippen LogP contribution in [0.2, 0.25) is 0 Å². The van der Waals surface area contributed by atoms with Gasteiger partial charge >= 0.3 is 0 Å². The molecule has 3 heteroatoms. The van der Waals surface area contributed by atoms with Gasteiger partial charge in [0.25, 0.3) is 0 Å². The first kappa shape index (κ1) is 8.53. The molecule has 2 aromatic rings. The van der Waals surface area contributed by atoms with Crippen LogP contribution in [0.5, 0.6) is 0 Å². The summed E-state index contributed by atoms with van der Waals surface area (Å²) in [6, 6.07) is 4.11. The molecule has 0 aliphatic rings. The molecule has 13 heavy (non-hydrogen) atoms. The van der Waals surface area contributed by atoms with E-state index in [0.29, 0.717) is 6.54 Å². The Morgan fingerprint density at radius 1 is 1.54 bits per heavy atom.